The van der Waals surface area contributed by atoms with Gasteiger partial charge in [-0.2, -0.15) is 0 Å². The third kappa shape index (κ3) is 5.94. The van der Waals surface area contributed by atoms with E-state index in [1.807, 2.05) is 0 Å². The number of hydrogen-bond donors (Lipinski definition) is 1. The minimum Gasteiger partial charge on any atom is -0.381 e. The summed E-state index contributed by atoms with van der Waals surface area (Å²) in [4.78, 5) is 12.3. The molecule has 0 fully saturated rings. The molecule has 0 radical (unpaired) electrons. The zero-order valence-corrected chi connectivity index (χ0v) is 13.7. The molecule has 0 saturated heterocycles. The molecule has 19 heavy (non-hydrogen) atoms. The van der Waals surface area contributed by atoms with Crippen molar-refractivity contribution in [3.63, 3.8) is 0 Å². The molecule has 3 nitrogen and oxygen atoms in total. The van der Waals surface area contributed by atoms with Crippen LogP contribution in [-0.4, -0.2) is 25.7 Å². The predicted molar refractivity (Wildman–Crippen MR) is 81.1 cm³/mol. The molecule has 0 aromatic heterocycles. The Morgan fingerprint density at radius 2 is 1.63 bits per heavy atom. The molecular weight excluding hydrogens is 238 g/mol. The second-order valence-corrected chi connectivity index (χ2v) is 6.17. The van der Waals surface area contributed by atoms with Gasteiger partial charge in [0.15, 0.2) is 0 Å². The fourth-order valence-corrected chi connectivity index (χ4v) is 2.11. The quantitative estimate of drug-likeness (QED) is 0.616. The van der Waals surface area contributed by atoms with Crippen molar-refractivity contribution in [2.45, 2.75) is 60.8 Å². The second kappa shape index (κ2) is 9.35. The van der Waals surface area contributed by atoms with Crippen LogP contribution in [0.3, 0.4) is 0 Å². The Balaban J connectivity index is 3.96. The molecular formula is C16H33NO2. The summed E-state index contributed by atoms with van der Waals surface area (Å²) < 4.78 is 5.49. The van der Waals surface area contributed by atoms with E-state index in [2.05, 4.69) is 46.9 Å². The standard InChI is InChI=1S/C16H33NO2/c1-7-8-11-19-12-9-10-17-15(18)16(6,13(2)3)14(4)5/h13-14H,7-12H2,1-6H3,(H,17,18). The van der Waals surface area contributed by atoms with Crippen molar-refractivity contribution in [2.24, 2.45) is 17.3 Å². The molecule has 3 heteroatoms. The summed E-state index contributed by atoms with van der Waals surface area (Å²) in [5, 5.41) is 3.06. The summed E-state index contributed by atoms with van der Waals surface area (Å²) in [6.07, 6.45) is 3.17. The number of carbonyl (C=O) groups is 1. The Morgan fingerprint density at radius 3 is 2.11 bits per heavy atom. The van der Waals surface area contributed by atoms with E-state index < -0.39 is 0 Å². The molecule has 0 rings (SSSR count). The van der Waals surface area contributed by atoms with Crippen LogP contribution in [0.15, 0.2) is 0 Å². The van der Waals surface area contributed by atoms with E-state index in [0.29, 0.717) is 18.4 Å². The molecule has 1 amide bonds. The maximum absolute atomic E-state index is 12.3. The van der Waals surface area contributed by atoms with Gasteiger partial charge in [0.2, 0.25) is 5.91 Å². The molecule has 0 aliphatic carbocycles. The van der Waals surface area contributed by atoms with Crippen molar-refractivity contribution in [3.05, 3.63) is 0 Å². The number of ether oxygens (including phenoxy) is 1. The molecule has 0 spiro atoms. The van der Waals surface area contributed by atoms with Gasteiger partial charge in [-0.25, -0.2) is 0 Å². The van der Waals surface area contributed by atoms with Crippen molar-refractivity contribution < 1.29 is 9.53 Å². The third-order valence-electron chi connectivity index (χ3n) is 4.28. The van der Waals surface area contributed by atoms with Gasteiger partial charge in [0.1, 0.15) is 0 Å². The van der Waals surface area contributed by atoms with Gasteiger partial charge in [0.05, 0.1) is 5.41 Å². The van der Waals surface area contributed by atoms with Crippen LogP contribution in [0.5, 0.6) is 0 Å². The second-order valence-electron chi connectivity index (χ2n) is 6.17. The van der Waals surface area contributed by atoms with E-state index in [9.17, 15) is 4.79 Å². The van der Waals surface area contributed by atoms with E-state index >= 15 is 0 Å². The van der Waals surface area contributed by atoms with Crippen LogP contribution in [0.25, 0.3) is 0 Å². The highest BCUT2D eigenvalue weighted by Gasteiger charge is 2.39. The molecule has 0 bridgehead atoms. The van der Waals surface area contributed by atoms with Crippen LogP contribution in [0.4, 0.5) is 0 Å². The summed E-state index contributed by atoms with van der Waals surface area (Å²) >= 11 is 0. The van der Waals surface area contributed by atoms with Gasteiger partial charge in [-0.15, -0.1) is 0 Å². The lowest BCUT2D eigenvalue weighted by atomic mass is 9.70. The van der Waals surface area contributed by atoms with Gasteiger partial charge < -0.3 is 10.1 Å². The van der Waals surface area contributed by atoms with Crippen LogP contribution in [0.2, 0.25) is 0 Å². The van der Waals surface area contributed by atoms with Crippen molar-refractivity contribution in [2.75, 3.05) is 19.8 Å². The van der Waals surface area contributed by atoms with E-state index in [0.717, 1.165) is 32.5 Å². The zero-order chi connectivity index (χ0) is 14.9. The van der Waals surface area contributed by atoms with Crippen LogP contribution >= 0.6 is 0 Å². The molecule has 0 aromatic carbocycles. The summed E-state index contributed by atoms with van der Waals surface area (Å²) in [6.45, 7) is 15.0. The smallest absolute Gasteiger partial charge is 0.226 e. The van der Waals surface area contributed by atoms with Crippen LogP contribution in [-0.2, 0) is 9.53 Å². The Bertz CT molecular complexity index is 241. The number of nitrogens with one attached hydrogen (secondary N) is 1. The van der Waals surface area contributed by atoms with Gasteiger partial charge in [-0.3, -0.25) is 4.79 Å². The maximum Gasteiger partial charge on any atom is 0.226 e. The van der Waals surface area contributed by atoms with E-state index in [-0.39, 0.29) is 11.3 Å². The normalized spacial score (nSPS) is 12.2. The van der Waals surface area contributed by atoms with Gasteiger partial charge in [-0.05, 0) is 24.7 Å². The summed E-state index contributed by atoms with van der Waals surface area (Å²) in [5.74, 6) is 0.854. The first-order valence-corrected chi connectivity index (χ1v) is 7.73. The van der Waals surface area contributed by atoms with Gasteiger partial charge in [0.25, 0.3) is 0 Å². The van der Waals surface area contributed by atoms with Crippen LogP contribution in [0.1, 0.15) is 60.8 Å². The minimum atomic E-state index is -0.289. The lowest BCUT2D eigenvalue weighted by molar-refractivity contribution is -0.135. The minimum absolute atomic E-state index is 0.172. The number of amides is 1. The van der Waals surface area contributed by atoms with Crippen molar-refractivity contribution >= 4 is 5.91 Å². The van der Waals surface area contributed by atoms with Gasteiger partial charge in [-0.1, -0.05) is 48.0 Å². The topological polar surface area (TPSA) is 38.3 Å². The molecule has 0 heterocycles. The van der Waals surface area contributed by atoms with Gasteiger partial charge >= 0.3 is 0 Å². The summed E-state index contributed by atoms with van der Waals surface area (Å²) in [7, 11) is 0. The summed E-state index contributed by atoms with van der Waals surface area (Å²) in [6, 6.07) is 0. The van der Waals surface area contributed by atoms with Crippen molar-refractivity contribution in [3.8, 4) is 0 Å². The monoisotopic (exact) mass is 271 g/mol. The molecule has 0 saturated carbocycles. The number of hydrogen-bond acceptors (Lipinski definition) is 2. The largest absolute Gasteiger partial charge is 0.381 e. The van der Waals surface area contributed by atoms with Crippen LogP contribution in [0, 0.1) is 17.3 Å². The molecule has 0 unspecified atom stereocenters. The highest BCUT2D eigenvalue weighted by atomic mass is 16.5. The average Bonchev–Trinajstić information content (AvgIpc) is 2.35. The van der Waals surface area contributed by atoms with Gasteiger partial charge in [0, 0.05) is 19.8 Å². The first-order chi connectivity index (χ1) is 8.87. The third-order valence-corrected chi connectivity index (χ3v) is 4.28. The molecule has 0 aliphatic heterocycles. The van der Waals surface area contributed by atoms with E-state index in [1.54, 1.807) is 0 Å². The fraction of sp³-hybridized carbons (Fsp3) is 0.938. The molecule has 0 aromatic rings. The highest BCUT2D eigenvalue weighted by Crippen LogP contribution is 2.35. The average molecular weight is 271 g/mol. The maximum atomic E-state index is 12.3. The number of rotatable bonds is 10. The number of unbranched alkanes of at least 4 members (excludes halogenated alkanes) is 1. The SMILES string of the molecule is CCCCOCCCNC(=O)C(C)(C(C)C)C(C)C. The fourth-order valence-electron chi connectivity index (χ4n) is 2.11. The highest BCUT2D eigenvalue weighted by molar-refractivity contribution is 5.82. The van der Waals surface area contributed by atoms with E-state index in [1.165, 1.54) is 0 Å². The first kappa shape index (κ1) is 18.4. The molecule has 1 N–H and O–H groups in total. The van der Waals surface area contributed by atoms with Crippen molar-refractivity contribution in [1.29, 1.82) is 0 Å². The van der Waals surface area contributed by atoms with Crippen LogP contribution < -0.4 is 5.32 Å². The lowest BCUT2D eigenvalue weighted by Crippen LogP contribution is -2.46. The van der Waals surface area contributed by atoms with Crippen molar-refractivity contribution in [1.82, 2.24) is 5.32 Å². The molecule has 114 valence electrons. The lowest BCUT2D eigenvalue weighted by Gasteiger charge is -2.36. The summed E-state index contributed by atoms with van der Waals surface area (Å²) in [5.41, 5.74) is -0.289. The Kier molecular flexibility index (Phi) is 9.07. The number of carbonyl (C=O) groups excluding carboxylic acids is 1. The Hall–Kier alpha value is -0.570. The predicted octanol–water partition coefficient (Wildman–Crippen LogP) is 3.63. The zero-order valence-electron chi connectivity index (χ0n) is 13.7. The Labute approximate surface area is 119 Å². The van der Waals surface area contributed by atoms with E-state index in [4.69, 9.17) is 4.74 Å². The molecule has 0 aliphatic rings. The Morgan fingerprint density at radius 1 is 1.11 bits per heavy atom. The molecule has 0 atom stereocenters. The first-order valence-electron chi connectivity index (χ1n) is 7.73.